The van der Waals surface area contributed by atoms with Gasteiger partial charge in [-0.05, 0) is 25.1 Å². The molecule has 1 aromatic rings. The fourth-order valence-corrected chi connectivity index (χ4v) is 3.59. The van der Waals surface area contributed by atoms with Crippen molar-refractivity contribution in [3.8, 4) is 0 Å². The monoisotopic (exact) mass is 391 g/mol. The fraction of sp³-hybridized carbons (Fsp3) is 0.400. The van der Waals surface area contributed by atoms with E-state index in [0.29, 0.717) is 16.5 Å². The van der Waals surface area contributed by atoms with Crippen molar-refractivity contribution in [1.82, 2.24) is 0 Å². The maximum absolute atomic E-state index is 12.5. The van der Waals surface area contributed by atoms with Gasteiger partial charge in [0.05, 0.1) is 33.3 Å². The number of nitrogens with zero attached hydrogens (tertiary/aromatic N) is 1. The summed E-state index contributed by atoms with van der Waals surface area (Å²) in [5.41, 5.74) is 4.11. The third-order valence-electron chi connectivity index (χ3n) is 3.39. The largest absolute Gasteiger partial charge is 0.462 e. The maximum atomic E-state index is 12.5. The lowest BCUT2D eigenvalue weighted by Gasteiger charge is -2.16. The lowest BCUT2D eigenvalue weighted by Crippen LogP contribution is -2.66. The number of benzene rings is 1. The van der Waals surface area contributed by atoms with Crippen molar-refractivity contribution >= 4 is 58.4 Å². The van der Waals surface area contributed by atoms with Gasteiger partial charge in [-0.1, -0.05) is 23.2 Å². The molecule has 2 amide bonds. The van der Waals surface area contributed by atoms with Crippen LogP contribution in [-0.2, 0) is 19.1 Å². The van der Waals surface area contributed by atoms with Gasteiger partial charge in [0.1, 0.15) is 0 Å². The molecular weight excluding hydrogens is 375 g/mol. The highest BCUT2D eigenvalue weighted by atomic mass is 35.5. The Morgan fingerprint density at radius 2 is 2.12 bits per heavy atom. The van der Waals surface area contributed by atoms with Crippen LogP contribution in [0, 0.1) is 0 Å². The highest BCUT2D eigenvalue weighted by Gasteiger charge is 2.40. The molecule has 1 aromatic carbocycles. The SMILES string of the molecule is CCOC(=O)C([NH3+])CSC1CC(=O)N(c2ccc(Cl)c(Cl)c2)C1=O. The minimum Gasteiger partial charge on any atom is -0.462 e. The van der Waals surface area contributed by atoms with Gasteiger partial charge < -0.3 is 10.5 Å². The summed E-state index contributed by atoms with van der Waals surface area (Å²) in [4.78, 5) is 37.3. The molecule has 1 saturated heterocycles. The van der Waals surface area contributed by atoms with Crippen LogP contribution in [0.25, 0.3) is 0 Å². The highest BCUT2D eigenvalue weighted by Crippen LogP contribution is 2.33. The molecule has 2 rings (SSSR count). The number of rotatable bonds is 6. The molecule has 0 spiro atoms. The van der Waals surface area contributed by atoms with Crippen LogP contribution in [0.4, 0.5) is 5.69 Å². The molecule has 24 heavy (non-hydrogen) atoms. The Labute approximate surface area is 153 Å². The molecule has 1 fully saturated rings. The molecule has 0 radical (unpaired) electrons. The number of amides is 2. The van der Waals surface area contributed by atoms with Crippen LogP contribution in [0.15, 0.2) is 18.2 Å². The van der Waals surface area contributed by atoms with Crippen molar-refractivity contribution in [2.45, 2.75) is 24.6 Å². The Morgan fingerprint density at radius 3 is 2.75 bits per heavy atom. The van der Waals surface area contributed by atoms with E-state index < -0.39 is 17.3 Å². The van der Waals surface area contributed by atoms with E-state index in [1.54, 1.807) is 13.0 Å². The number of halogens is 2. The molecule has 130 valence electrons. The van der Waals surface area contributed by atoms with E-state index in [2.05, 4.69) is 5.73 Å². The van der Waals surface area contributed by atoms with Crippen LogP contribution in [-0.4, -0.2) is 41.4 Å². The van der Waals surface area contributed by atoms with Crippen LogP contribution in [0.3, 0.4) is 0 Å². The van der Waals surface area contributed by atoms with Gasteiger partial charge in [0.25, 0.3) is 0 Å². The third-order valence-corrected chi connectivity index (χ3v) is 5.49. The lowest BCUT2D eigenvalue weighted by molar-refractivity contribution is -0.401. The van der Waals surface area contributed by atoms with Crippen molar-refractivity contribution < 1.29 is 24.9 Å². The standard InChI is InChI=1S/C15H16Cl2N2O4S/c1-2-23-15(22)11(18)7-24-12-6-13(20)19(14(12)21)8-3-4-9(16)10(17)5-8/h3-5,11-12H,2,6-7,18H2,1H3/p+1. The van der Waals surface area contributed by atoms with E-state index in [0.717, 1.165) is 4.90 Å². The molecule has 1 heterocycles. The first-order valence-electron chi connectivity index (χ1n) is 7.28. The first-order valence-corrected chi connectivity index (χ1v) is 9.08. The van der Waals surface area contributed by atoms with Gasteiger partial charge in [0.15, 0.2) is 6.04 Å². The fourth-order valence-electron chi connectivity index (χ4n) is 2.19. The van der Waals surface area contributed by atoms with Gasteiger partial charge in [0.2, 0.25) is 11.8 Å². The molecule has 6 nitrogen and oxygen atoms in total. The first-order chi connectivity index (χ1) is 11.3. The van der Waals surface area contributed by atoms with Crippen molar-refractivity contribution in [3.63, 3.8) is 0 Å². The normalized spacial score (nSPS) is 18.8. The number of ether oxygens (including phenoxy) is 1. The second-order valence-corrected chi connectivity index (χ2v) is 7.19. The van der Waals surface area contributed by atoms with E-state index in [4.69, 9.17) is 27.9 Å². The van der Waals surface area contributed by atoms with E-state index in [1.165, 1.54) is 23.9 Å². The average molecular weight is 392 g/mol. The summed E-state index contributed by atoms with van der Waals surface area (Å²) in [5.74, 6) is -0.757. The minimum atomic E-state index is -0.586. The zero-order valence-corrected chi connectivity index (χ0v) is 15.3. The molecule has 0 aromatic heterocycles. The molecule has 9 heteroatoms. The number of imide groups is 1. The summed E-state index contributed by atoms with van der Waals surface area (Å²) >= 11 is 13.0. The molecule has 3 N–H and O–H groups in total. The highest BCUT2D eigenvalue weighted by molar-refractivity contribution is 8.00. The number of carbonyl (C=O) groups is 3. The third kappa shape index (κ3) is 4.22. The van der Waals surface area contributed by atoms with Crippen LogP contribution in [0.5, 0.6) is 0 Å². The van der Waals surface area contributed by atoms with Crippen molar-refractivity contribution in [2.24, 2.45) is 0 Å². The number of hydrogen-bond acceptors (Lipinski definition) is 5. The zero-order valence-electron chi connectivity index (χ0n) is 13.0. The number of hydrogen-bond donors (Lipinski definition) is 1. The summed E-state index contributed by atoms with van der Waals surface area (Å²) < 4.78 is 4.88. The summed E-state index contributed by atoms with van der Waals surface area (Å²) in [6.07, 6.45) is 0.0687. The van der Waals surface area contributed by atoms with Crippen molar-refractivity contribution in [3.05, 3.63) is 28.2 Å². The van der Waals surface area contributed by atoms with Gasteiger partial charge in [-0.3, -0.25) is 9.59 Å². The number of esters is 1. The van der Waals surface area contributed by atoms with Crippen LogP contribution < -0.4 is 10.6 Å². The minimum absolute atomic E-state index is 0.0687. The van der Waals surface area contributed by atoms with Crippen LogP contribution in [0.2, 0.25) is 10.0 Å². The Balaban J connectivity index is 2.03. The van der Waals surface area contributed by atoms with Crippen LogP contribution in [0.1, 0.15) is 13.3 Å². The zero-order chi connectivity index (χ0) is 17.9. The molecule has 0 aliphatic carbocycles. The van der Waals surface area contributed by atoms with E-state index >= 15 is 0 Å². The number of quaternary nitrogens is 1. The Morgan fingerprint density at radius 1 is 1.42 bits per heavy atom. The predicted molar refractivity (Wildman–Crippen MR) is 93.1 cm³/mol. The molecule has 2 atom stereocenters. The van der Waals surface area contributed by atoms with Gasteiger partial charge in [-0.25, -0.2) is 9.69 Å². The summed E-state index contributed by atoms with van der Waals surface area (Å²) in [7, 11) is 0. The summed E-state index contributed by atoms with van der Waals surface area (Å²) in [6, 6.07) is 4.00. The molecule has 1 aliphatic rings. The number of thioether (sulfide) groups is 1. The first kappa shape index (κ1) is 19.1. The maximum Gasteiger partial charge on any atom is 0.365 e. The van der Waals surface area contributed by atoms with Crippen LogP contribution >= 0.6 is 35.0 Å². The Bertz CT molecular complexity index is 671. The van der Waals surface area contributed by atoms with Gasteiger partial charge in [0, 0.05) is 6.42 Å². The number of carbonyl (C=O) groups excluding carboxylic acids is 3. The lowest BCUT2D eigenvalue weighted by atomic mass is 10.3. The predicted octanol–water partition coefficient (Wildman–Crippen LogP) is 1.53. The quantitative estimate of drug-likeness (QED) is 0.586. The Kier molecular flexibility index (Phi) is 6.51. The second-order valence-electron chi connectivity index (χ2n) is 5.14. The van der Waals surface area contributed by atoms with E-state index in [9.17, 15) is 14.4 Å². The van der Waals surface area contributed by atoms with Gasteiger partial charge in [-0.2, -0.15) is 0 Å². The van der Waals surface area contributed by atoms with Crippen molar-refractivity contribution in [2.75, 3.05) is 17.3 Å². The average Bonchev–Trinajstić information content (AvgIpc) is 2.82. The summed E-state index contributed by atoms with van der Waals surface area (Å²) in [6.45, 7) is 1.99. The van der Waals surface area contributed by atoms with E-state index in [-0.39, 0.29) is 29.9 Å². The van der Waals surface area contributed by atoms with Crippen molar-refractivity contribution in [1.29, 1.82) is 0 Å². The molecule has 2 unspecified atom stereocenters. The van der Waals surface area contributed by atoms with Gasteiger partial charge >= 0.3 is 5.97 Å². The molecule has 1 aliphatic heterocycles. The molecule has 0 bridgehead atoms. The Hall–Kier alpha value is -1.28. The number of anilines is 1. The second kappa shape index (κ2) is 8.20. The van der Waals surface area contributed by atoms with Gasteiger partial charge in [-0.15, -0.1) is 11.8 Å². The van der Waals surface area contributed by atoms with E-state index in [1.807, 2.05) is 0 Å². The summed E-state index contributed by atoms with van der Waals surface area (Å²) in [5, 5.41) is 0.0661. The molecule has 0 saturated carbocycles. The molecular formula is C15H17Cl2N2O4S+. The topological polar surface area (TPSA) is 91.3 Å². The smallest absolute Gasteiger partial charge is 0.365 e.